The molecule has 1 heterocycles. The fraction of sp³-hybridized carbons (Fsp3) is 0.409. The lowest BCUT2D eigenvalue weighted by Crippen LogP contribution is -2.41. The summed E-state index contributed by atoms with van der Waals surface area (Å²) in [5.41, 5.74) is 3.24. The molecule has 1 unspecified atom stereocenters. The van der Waals surface area contributed by atoms with E-state index in [2.05, 4.69) is 18.7 Å². The molecule has 2 aromatic rings. The highest BCUT2D eigenvalue weighted by atomic mass is 32.1. The highest BCUT2D eigenvalue weighted by Crippen LogP contribution is 2.40. The molecule has 0 spiro atoms. The van der Waals surface area contributed by atoms with E-state index < -0.39 is 0 Å². The third-order valence-corrected chi connectivity index (χ3v) is 5.67. The number of hydrogen-bond acceptors (Lipinski definition) is 3. The van der Waals surface area contributed by atoms with Crippen LogP contribution >= 0.6 is 12.2 Å². The number of phenolic OH excluding ortho intramolecular Hbond substituents is 2. The van der Waals surface area contributed by atoms with E-state index in [1.165, 1.54) is 12.1 Å². The Bertz CT molecular complexity index is 820. The Morgan fingerprint density at radius 1 is 1.19 bits per heavy atom. The summed E-state index contributed by atoms with van der Waals surface area (Å²) >= 11 is 5.75. The van der Waals surface area contributed by atoms with Crippen LogP contribution in [0.25, 0.3) is 0 Å². The quantitative estimate of drug-likeness (QED) is 0.551. The van der Waals surface area contributed by atoms with Crippen LogP contribution in [0.3, 0.4) is 0 Å². The number of benzene rings is 2. The van der Waals surface area contributed by atoms with Crippen molar-refractivity contribution < 1.29 is 14.6 Å². The predicted molar refractivity (Wildman–Crippen MR) is 110 cm³/mol. The second kappa shape index (κ2) is 8.26. The zero-order valence-corrected chi connectivity index (χ0v) is 16.6. The van der Waals surface area contributed by atoms with E-state index in [1.54, 1.807) is 12.1 Å². The van der Waals surface area contributed by atoms with Gasteiger partial charge in [-0.1, -0.05) is 38.2 Å². The average molecular weight is 388 g/mol. The summed E-state index contributed by atoms with van der Waals surface area (Å²) in [7, 11) is 0. The summed E-state index contributed by atoms with van der Waals surface area (Å²) in [5, 5.41) is 19.8. The summed E-state index contributed by atoms with van der Waals surface area (Å²) in [4.78, 5) is 3.19. The second-order valence-electron chi connectivity index (χ2n) is 7.55. The Morgan fingerprint density at radius 3 is 2.52 bits per heavy atom. The fourth-order valence-corrected chi connectivity index (χ4v) is 4.26. The molecule has 2 N–H and O–H groups in total. The van der Waals surface area contributed by atoms with E-state index in [0.29, 0.717) is 5.92 Å². The number of nitrogens with zero attached hydrogens (tertiary/aromatic N) is 1. The van der Waals surface area contributed by atoms with Gasteiger partial charge < -0.3 is 15.1 Å². The second-order valence-corrected chi connectivity index (χ2v) is 8.02. The smallest absolute Gasteiger partial charge is 0.157 e. The van der Waals surface area contributed by atoms with Crippen molar-refractivity contribution in [2.75, 3.05) is 6.54 Å². The molecule has 1 aliphatic rings. The highest BCUT2D eigenvalue weighted by molar-refractivity contribution is 7.80. The molecule has 0 amide bonds. The molecule has 1 atom stereocenters. The van der Waals surface area contributed by atoms with Crippen molar-refractivity contribution in [2.45, 2.75) is 45.6 Å². The van der Waals surface area contributed by atoms with E-state index in [-0.39, 0.29) is 23.4 Å². The summed E-state index contributed by atoms with van der Waals surface area (Å²) in [6.07, 6.45) is 3.38. The van der Waals surface area contributed by atoms with Crippen molar-refractivity contribution in [1.29, 1.82) is 0 Å². The first-order valence-electron chi connectivity index (χ1n) is 9.45. The van der Waals surface area contributed by atoms with Gasteiger partial charge in [0.25, 0.3) is 0 Å². The van der Waals surface area contributed by atoms with Gasteiger partial charge in [-0.3, -0.25) is 0 Å². The van der Waals surface area contributed by atoms with Crippen LogP contribution in [0.5, 0.6) is 11.5 Å². The molecular formula is C22H26FNO2S. The molecule has 5 heteroatoms. The third-order valence-electron chi connectivity index (χ3n) is 5.23. The number of thiocarbonyl (C=S) groups is 1. The number of aryl methyl sites for hydroxylation is 1. The van der Waals surface area contributed by atoms with Crippen molar-refractivity contribution in [2.24, 2.45) is 5.92 Å². The Morgan fingerprint density at radius 2 is 1.85 bits per heavy atom. The number of rotatable bonds is 5. The van der Waals surface area contributed by atoms with Crippen LogP contribution in [0.4, 0.5) is 4.39 Å². The molecule has 3 nitrogen and oxygen atoms in total. The van der Waals surface area contributed by atoms with Crippen LogP contribution in [-0.2, 0) is 12.8 Å². The van der Waals surface area contributed by atoms with Crippen molar-refractivity contribution in [3.05, 3.63) is 58.9 Å². The fourth-order valence-electron chi connectivity index (χ4n) is 3.91. The number of halogens is 1. The van der Waals surface area contributed by atoms with Gasteiger partial charge in [0.2, 0.25) is 0 Å². The van der Waals surface area contributed by atoms with E-state index in [0.717, 1.165) is 53.9 Å². The van der Waals surface area contributed by atoms with Crippen LogP contribution in [-0.4, -0.2) is 26.6 Å². The van der Waals surface area contributed by atoms with Gasteiger partial charge in [-0.15, -0.1) is 0 Å². The summed E-state index contributed by atoms with van der Waals surface area (Å²) in [6, 6.07) is 10.1. The van der Waals surface area contributed by atoms with Gasteiger partial charge in [-0.05, 0) is 72.6 Å². The molecule has 0 saturated carbocycles. The van der Waals surface area contributed by atoms with Gasteiger partial charge in [0.15, 0.2) is 11.5 Å². The van der Waals surface area contributed by atoms with Gasteiger partial charge >= 0.3 is 0 Å². The topological polar surface area (TPSA) is 43.7 Å². The SMILES string of the molecule is CC(C)C1c2cc(O)c(O)cc2CCN1C(=S)CCCc1ccc(F)cc1. The Balaban J connectivity index is 1.70. The van der Waals surface area contributed by atoms with Crippen molar-refractivity contribution in [3.8, 4) is 11.5 Å². The number of fused-ring (bicyclic) bond motifs is 1. The third kappa shape index (κ3) is 4.41. The molecule has 2 aromatic carbocycles. The number of aromatic hydroxyl groups is 2. The minimum atomic E-state index is -0.213. The molecule has 1 aliphatic heterocycles. The average Bonchev–Trinajstić information content (AvgIpc) is 2.63. The van der Waals surface area contributed by atoms with Gasteiger partial charge in [-0.2, -0.15) is 0 Å². The molecule has 0 fully saturated rings. The maximum absolute atomic E-state index is 13.0. The van der Waals surface area contributed by atoms with Crippen LogP contribution in [0, 0.1) is 11.7 Å². The number of hydrogen-bond donors (Lipinski definition) is 2. The molecular weight excluding hydrogens is 361 g/mol. The lowest BCUT2D eigenvalue weighted by atomic mass is 9.85. The molecule has 0 aliphatic carbocycles. The van der Waals surface area contributed by atoms with E-state index in [4.69, 9.17) is 12.2 Å². The summed E-state index contributed by atoms with van der Waals surface area (Å²) in [6.45, 7) is 5.12. The predicted octanol–water partition coefficient (Wildman–Crippen LogP) is 5.14. The largest absolute Gasteiger partial charge is 0.504 e. The first kappa shape index (κ1) is 19.6. The Labute approximate surface area is 165 Å². The Hall–Kier alpha value is -2.14. The van der Waals surface area contributed by atoms with Crippen molar-refractivity contribution >= 4 is 17.2 Å². The van der Waals surface area contributed by atoms with Crippen LogP contribution in [0.1, 0.15) is 49.4 Å². The molecule has 0 radical (unpaired) electrons. The van der Waals surface area contributed by atoms with Gasteiger partial charge in [0.05, 0.1) is 11.0 Å². The highest BCUT2D eigenvalue weighted by Gasteiger charge is 2.32. The standard InChI is InChI=1S/C22H26FNO2S/c1-14(2)22-18-13-20(26)19(25)12-16(18)10-11-24(22)21(27)5-3-4-15-6-8-17(23)9-7-15/h6-9,12-14,22,25-26H,3-5,10-11H2,1-2H3. The minimum absolute atomic E-state index is 0.0634. The lowest BCUT2D eigenvalue weighted by Gasteiger charge is -2.41. The van der Waals surface area contributed by atoms with E-state index in [9.17, 15) is 14.6 Å². The zero-order valence-electron chi connectivity index (χ0n) is 15.8. The summed E-state index contributed by atoms with van der Waals surface area (Å²) < 4.78 is 13.0. The van der Waals surface area contributed by atoms with E-state index in [1.807, 2.05) is 12.1 Å². The monoisotopic (exact) mass is 387 g/mol. The maximum Gasteiger partial charge on any atom is 0.157 e. The number of phenols is 2. The van der Waals surface area contributed by atoms with Gasteiger partial charge in [0, 0.05) is 6.54 Å². The van der Waals surface area contributed by atoms with Crippen molar-refractivity contribution in [1.82, 2.24) is 4.90 Å². The molecule has 0 bridgehead atoms. The lowest BCUT2D eigenvalue weighted by molar-refractivity contribution is 0.235. The summed E-state index contributed by atoms with van der Waals surface area (Å²) in [5.74, 6) is -0.0339. The molecule has 0 saturated heterocycles. The van der Waals surface area contributed by atoms with E-state index >= 15 is 0 Å². The van der Waals surface area contributed by atoms with Crippen LogP contribution in [0.15, 0.2) is 36.4 Å². The minimum Gasteiger partial charge on any atom is -0.504 e. The molecule has 0 aromatic heterocycles. The molecule has 27 heavy (non-hydrogen) atoms. The first-order valence-corrected chi connectivity index (χ1v) is 9.86. The maximum atomic E-state index is 13.0. The Kier molecular flexibility index (Phi) is 6.00. The van der Waals surface area contributed by atoms with Crippen LogP contribution < -0.4 is 0 Å². The normalized spacial score (nSPS) is 16.4. The van der Waals surface area contributed by atoms with Crippen LogP contribution in [0.2, 0.25) is 0 Å². The van der Waals surface area contributed by atoms with Gasteiger partial charge in [-0.25, -0.2) is 4.39 Å². The molecule has 144 valence electrons. The molecule has 3 rings (SSSR count). The first-order chi connectivity index (χ1) is 12.9. The zero-order chi connectivity index (χ0) is 19.6. The van der Waals surface area contributed by atoms with Gasteiger partial charge in [0.1, 0.15) is 5.82 Å². The van der Waals surface area contributed by atoms with Crippen molar-refractivity contribution in [3.63, 3.8) is 0 Å².